The number of para-hydroxylation sites is 2. The van der Waals surface area contributed by atoms with Crippen molar-refractivity contribution in [2.45, 2.75) is 13.8 Å². The second kappa shape index (κ2) is 11.5. The highest BCUT2D eigenvalue weighted by Crippen LogP contribution is 2.38. The van der Waals surface area contributed by atoms with Crippen molar-refractivity contribution in [3.63, 3.8) is 0 Å². The number of methoxy groups -OCH3 is 2. The summed E-state index contributed by atoms with van der Waals surface area (Å²) < 4.78 is 16.9. The van der Waals surface area contributed by atoms with Gasteiger partial charge in [-0.3, -0.25) is 14.5 Å². The van der Waals surface area contributed by atoms with Gasteiger partial charge >= 0.3 is 0 Å². The van der Waals surface area contributed by atoms with E-state index in [1.165, 1.54) is 26.0 Å². The third-order valence-corrected chi connectivity index (χ3v) is 6.91. The van der Waals surface area contributed by atoms with E-state index in [4.69, 9.17) is 26.4 Å². The number of anilines is 2. The summed E-state index contributed by atoms with van der Waals surface area (Å²) in [5.74, 6) is 0.877. The quantitative estimate of drug-likeness (QED) is 0.292. The van der Waals surface area contributed by atoms with Crippen LogP contribution in [0.15, 0.2) is 65.6 Å². The maximum Gasteiger partial charge on any atom is 0.270 e. The van der Waals surface area contributed by atoms with Crippen LogP contribution in [0.1, 0.15) is 16.7 Å². The van der Waals surface area contributed by atoms with Gasteiger partial charge in [-0.2, -0.15) is 0 Å². The molecule has 0 aliphatic carbocycles. The Balaban J connectivity index is 1.47. The minimum Gasteiger partial charge on any atom is -0.495 e. The molecule has 0 radical (unpaired) electrons. The molecule has 3 aromatic rings. The molecule has 1 aliphatic heterocycles. The van der Waals surface area contributed by atoms with Crippen LogP contribution in [0, 0.1) is 13.8 Å². The van der Waals surface area contributed by atoms with Crippen LogP contribution in [-0.2, 0) is 9.59 Å². The Morgan fingerprint density at radius 1 is 1.00 bits per heavy atom. The fourth-order valence-corrected chi connectivity index (χ4v) is 5.14. The Bertz CT molecular complexity index is 1400. The molecule has 4 rings (SSSR count). The minimum atomic E-state index is -0.342. The molecule has 9 heteroatoms. The number of thioether (sulfide) groups is 1. The first kappa shape index (κ1) is 26.2. The van der Waals surface area contributed by atoms with Gasteiger partial charge < -0.3 is 19.5 Å². The zero-order chi connectivity index (χ0) is 26.5. The van der Waals surface area contributed by atoms with Crippen molar-refractivity contribution >= 4 is 57.6 Å². The number of rotatable bonds is 8. The number of nitrogens with one attached hydrogen (secondary N) is 1. The zero-order valence-corrected chi connectivity index (χ0v) is 22.5. The van der Waals surface area contributed by atoms with Crippen molar-refractivity contribution in [2.75, 3.05) is 31.0 Å². The highest BCUT2D eigenvalue weighted by molar-refractivity contribution is 8.27. The van der Waals surface area contributed by atoms with Crippen molar-refractivity contribution in [2.24, 2.45) is 0 Å². The van der Waals surface area contributed by atoms with E-state index in [0.29, 0.717) is 32.2 Å². The molecule has 1 aliphatic rings. The van der Waals surface area contributed by atoms with Gasteiger partial charge in [-0.05, 0) is 61.4 Å². The molecule has 0 bridgehead atoms. The first-order valence-corrected chi connectivity index (χ1v) is 12.6. The van der Waals surface area contributed by atoms with Crippen molar-refractivity contribution < 1.29 is 23.8 Å². The molecule has 3 aromatic carbocycles. The summed E-state index contributed by atoms with van der Waals surface area (Å²) in [6, 6.07) is 18.3. The average molecular weight is 535 g/mol. The number of amides is 2. The summed E-state index contributed by atoms with van der Waals surface area (Å²) in [6.45, 7) is 3.75. The monoisotopic (exact) mass is 534 g/mol. The molecule has 0 unspecified atom stereocenters. The van der Waals surface area contributed by atoms with Crippen LogP contribution in [-0.4, -0.2) is 37.0 Å². The number of carbonyl (C=O) groups is 2. The van der Waals surface area contributed by atoms with Crippen molar-refractivity contribution in [1.82, 2.24) is 0 Å². The Labute approximate surface area is 225 Å². The molecule has 7 nitrogen and oxygen atoms in total. The van der Waals surface area contributed by atoms with Gasteiger partial charge in [0.25, 0.3) is 11.8 Å². The number of aryl methyl sites for hydroxylation is 2. The number of benzene rings is 3. The fraction of sp³-hybridized carbons (Fsp3) is 0.179. The molecular weight excluding hydrogens is 508 g/mol. The van der Waals surface area contributed by atoms with Crippen LogP contribution in [0.25, 0.3) is 6.08 Å². The lowest BCUT2D eigenvalue weighted by Gasteiger charge is -2.17. The third-order valence-electron chi connectivity index (χ3n) is 5.61. The van der Waals surface area contributed by atoms with Gasteiger partial charge in [0.1, 0.15) is 5.75 Å². The van der Waals surface area contributed by atoms with Crippen LogP contribution < -0.4 is 24.4 Å². The summed E-state index contributed by atoms with van der Waals surface area (Å²) in [6.07, 6.45) is 1.77. The molecule has 2 amide bonds. The van der Waals surface area contributed by atoms with E-state index in [1.807, 2.05) is 38.1 Å². The smallest absolute Gasteiger partial charge is 0.270 e. The molecular formula is C28H26N2O5S2. The summed E-state index contributed by atoms with van der Waals surface area (Å²) in [5, 5.41) is 2.77. The first-order chi connectivity index (χ1) is 17.8. The van der Waals surface area contributed by atoms with Crippen LogP contribution in [0.4, 0.5) is 11.4 Å². The number of hydrogen-bond acceptors (Lipinski definition) is 7. The topological polar surface area (TPSA) is 77.1 Å². The van der Waals surface area contributed by atoms with Crippen molar-refractivity contribution in [3.8, 4) is 17.2 Å². The minimum absolute atomic E-state index is 0.172. The van der Waals surface area contributed by atoms with Gasteiger partial charge in [0, 0.05) is 0 Å². The van der Waals surface area contributed by atoms with E-state index in [1.54, 1.807) is 47.4 Å². The standard InChI is InChI=1S/C28H26N2O5S2/c1-17-9-11-21(18(2)13-17)30-27(32)25(37-28(30)36)15-19-10-12-23(24(14-19)34-4)35-16-26(31)29-20-7-5-6-8-22(20)33-3/h5-15H,16H2,1-4H3,(H,29,31)/b25-15+. The lowest BCUT2D eigenvalue weighted by Crippen LogP contribution is -2.28. The highest BCUT2D eigenvalue weighted by atomic mass is 32.2. The van der Waals surface area contributed by atoms with Crippen molar-refractivity contribution in [1.29, 1.82) is 0 Å². The SMILES string of the molecule is COc1ccccc1NC(=O)COc1ccc(/C=C2/SC(=S)N(c3ccc(C)cc3C)C2=O)cc1OC. The third kappa shape index (κ3) is 5.95. The normalized spacial score (nSPS) is 14.2. The van der Waals surface area contributed by atoms with Crippen LogP contribution in [0.3, 0.4) is 0 Å². The predicted octanol–water partition coefficient (Wildman–Crippen LogP) is 5.74. The van der Waals surface area contributed by atoms with Gasteiger partial charge in [0.05, 0.1) is 30.5 Å². The number of hydrogen-bond donors (Lipinski definition) is 1. The summed E-state index contributed by atoms with van der Waals surface area (Å²) in [4.78, 5) is 27.7. The zero-order valence-electron chi connectivity index (χ0n) is 20.9. The second-order valence-electron chi connectivity index (χ2n) is 8.25. The second-order valence-corrected chi connectivity index (χ2v) is 9.93. The first-order valence-electron chi connectivity index (χ1n) is 11.4. The summed E-state index contributed by atoms with van der Waals surface area (Å²) >= 11 is 6.77. The van der Waals surface area contributed by atoms with Gasteiger partial charge in [-0.15, -0.1) is 0 Å². The van der Waals surface area contributed by atoms with E-state index in [9.17, 15) is 9.59 Å². The van der Waals surface area contributed by atoms with Crippen LogP contribution in [0.5, 0.6) is 17.2 Å². The van der Waals surface area contributed by atoms with E-state index in [2.05, 4.69) is 5.32 Å². The number of thiocarbonyl (C=S) groups is 1. The van der Waals surface area contributed by atoms with Crippen LogP contribution >= 0.6 is 24.0 Å². The lowest BCUT2D eigenvalue weighted by molar-refractivity contribution is -0.118. The Hall–Kier alpha value is -3.82. The number of carbonyl (C=O) groups excluding carboxylic acids is 2. The molecule has 0 aromatic heterocycles. The van der Waals surface area contributed by atoms with Crippen LogP contribution in [0.2, 0.25) is 0 Å². The Kier molecular flexibility index (Phi) is 8.15. The van der Waals surface area contributed by atoms with Gasteiger partial charge in [-0.1, -0.05) is 59.9 Å². The Morgan fingerprint density at radius 2 is 1.76 bits per heavy atom. The van der Waals surface area contributed by atoms with E-state index < -0.39 is 0 Å². The molecule has 0 atom stereocenters. The summed E-state index contributed by atoms with van der Waals surface area (Å²) in [7, 11) is 3.05. The molecule has 1 heterocycles. The highest BCUT2D eigenvalue weighted by Gasteiger charge is 2.34. The summed E-state index contributed by atoms with van der Waals surface area (Å²) in [5.41, 5.74) is 4.18. The molecule has 0 saturated carbocycles. The largest absolute Gasteiger partial charge is 0.495 e. The molecule has 1 saturated heterocycles. The van der Waals surface area contributed by atoms with Gasteiger partial charge in [0.2, 0.25) is 0 Å². The van der Waals surface area contributed by atoms with Crippen molar-refractivity contribution in [3.05, 3.63) is 82.3 Å². The van der Waals surface area contributed by atoms with E-state index in [0.717, 1.165) is 22.4 Å². The number of nitrogens with zero attached hydrogens (tertiary/aromatic N) is 1. The Morgan fingerprint density at radius 3 is 2.49 bits per heavy atom. The molecule has 190 valence electrons. The maximum absolute atomic E-state index is 13.2. The van der Waals surface area contributed by atoms with Gasteiger partial charge in [0.15, 0.2) is 22.4 Å². The number of ether oxygens (including phenoxy) is 3. The lowest BCUT2D eigenvalue weighted by atomic mass is 10.1. The average Bonchev–Trinajstić information content (AvgIpc) is 3.15. The maximum atomic E-state index is 13.2. The van der Waals surface area contributed by atoms with Gasteiger partial charge in [-0.25, -0.2) is 0 Å². The molecule has 0 spiro atoms. The van der Waals surface area contributed by atoms with E-state index >= 15 is 0 Å². The predicted molar refractivity (Wildman–Crippen MR) is 152 cm³/mol. The molecule has 1 fully saturated rings. The molecule has 37 heavy (non-hydrogen) atoms. The van der Waals surface area contributed by atoms with E-state index in [-0.39, 0.29) is 18.4 Å². The molecule has 1 N–H and O–H groups in total. The fourth-order valence-electron chi connectivity index (χ4n) is 3.85.